The number of nitrogens with zero attached hydrogens (tertiary/aromatic N) is 1. The number of anilines is 1. The van der Waals surface area contributed by atoms with E-state index in [1.807, 2.05) is 0 Å². The van der Waals surface area contributed by atoms with Gasteiger partial charge in [-0.15, -0.1) is 0 Å². The van der Waals surface area contributed by atoms with Gasteiger partial charge in [-0.1, -0.05) is 0 Å². The molecule has 0 saturated heterocycles. The van der Waals surface area contributed by atoms with E-state index in [0.717, 1.165) is 12.1 Å². The molecular weight excluding hydrogens is 226 g/mol. The maximum absolute atomic E-state index is 13.1. The number of carbonyl (C=O) groups is 1. The molecule has 0 radical (unpaired) electrons. The number of carbonyl (C=O) groups excluding carboxylic acids is 1. The van der Waals surface area contributed by atoms with Crippen molar-refractivity contribution in [1.82, 2.24) is 4.98 Å². The van der Waals surface area contributed by atoms with Crippen molar-refractivity contribution in [3.8, 4) is 11.3 Å². The van der Waals surface area contributed by atoms with E-state index < -0.39 is 11.6 Å². The number of halogens is 2. The minimum absolute atomic E-state index is 0.0331. The van der Waals surface area contributed by atoms with Crippen molar-refractivity contribution in [2.45, 2.75) is 0 Å². The number of rotatable bonds is 2. The third kappa shape index (κ3) is 1.99. The molecule has 1 aromatic carbocycles. The van der Waals surface area contributed by atoms with Gasteiger partial charge in [0.15, 0.2) is 17.9 Å². The van der Waals surface area contributed by atoms with Crippen LogP contribution in [0.25, 0.3) is 11.3 Å². The largest absolute Gasteiger partial charge is 0.398 e. The van der Waals surface area contributed by atoms with E-state index in [4.69, 9.17) is 5.73 Å². The Morgan fingerprint density at radius 1 is 1.24 bits per heavy atom. The van der Waals surface area contributed by atoms with Crippen LogP contribution in [-0.2, 0) is 0 Å². The molecule has 1 aromatic heterocycles. The van der Waals surface area contributed by atoms with E-state index in [-0.39, 0.29) is 22.5 Å². The van der Waals surface area contributed by atoms with Gasteiger partial charge in [0.25, 0.3) is 0 Å². The molecule has 0 unspecified atom stereocenters. The topological polar surface area (TPSA) is 56.0 Å². The molecule has 86 valence electrons. The summed E-state index contributed by atoms with van der Waals surface area (Å²) in [4.78, 5) is 14.8. The van der Waals surface area contributed by atoms with Gasteiger partial charge in [-0.05, 0) is 18.2 Å². The van der Waals surface area contributed by atoms with Gasteiger partial charge in [-0.25, -0.2) is 8.78 Å². The van der Waals surface area contributed by atoms with Crippen LogP contribution in [0.2, 0.25) is 0 Å². The van der Waals surface area contributed by atoms with E-state index in [2.05, 4.69) is 4.98 Å². The molecule has 2 aromatic rings. The predicted octanol–water partition coefficient (Wildman–Crippen LogP) is 2.42. The van der Waals surface area contributed by atoms with Crippen molar-refractivity contribution in [1.29, 1.82) is 0 Å². The number of hydrogen-bond donors (Lipinski definition) is 1. The van der Waals surface area contributed by atoms with Crippen LogP contribution in [0.5, 0.6) is 0 Å². The second kappa shape index (κ2) is 4.29. The average molecular weight is 234 g/mol. The van der Waals surface area contributed by atoms with Gasteiger partial charge < -0.3 is 5.73 Å². The van der Waals surface area contributed by atoms with Crippen LogP contribution in [0.15, 0.2) is 30.5 Å². The summed E-state index contributed by atoms with van der Waals surface area (Å²) in [6.07, 6.45) is 2.03. The molecule has 2 rings (SSSR count). The average Bonchev–Trinajstić information content (AvgIpc) is 2.34. The number of aldehydes is 1. The first-order valence-electron chi connectivity index (χ1n) is 4.78. The van der Waals surface area contributed by atoms with Gasteiger partial charge in [0, 0.05) is 29.1 Å². The van der Waals surface area contributed by atoms with Gasteiger partial charge >= 0.3 is 0 Å². The normalized spacial score (nSPS) is 10.2. The molecule has 0 spiro atoms. The molecule has 0 aliphatic rings. The quantitative estimate of drug-likeness (QED) is 0.641. The lowest BCUT2D eigenvalue weighted by Crippen LogP contribution is -1.98. The smallest absolute Gasteiger partial charge is 0.160 e. The molecule has 17 heavy (non-hydrogen) atoms. The zero-order valence-electron chi connectivity index (χ0n) is 8.65. The molecule has 0 aliphatic heterocycles. The third-order valence-electron chi connectivity index (χ3n) is 2.31. The molecule has 0 fully saturated rings. The van der Waals surface area contributed by atoms with Gasteiger partial charge in [0.2, 0.25) is 0 Å². The lowest BCUT2D eigenvalue weighted by molar-refractivity contribution is 0.112. The summed E-state index contributed by atoms with van der Waals surface area (Å²) in [5.41, 5.74) is 6.32. The molecule has 0 amide bonds. The molecular formula is C12H8F2N2O. The lowest BCUT2D eigenvalue weighted by atomic mass is 10.0. The van der Waals surface area contributed by atoms with Gasteiger partial charge in [-0.3, -0.25) is 9.78 Å². The predicted molar refractivity (Wildman–Crippen MR) is 59.4 cm³/mol. The summed E-state index contributed by atoms with van der Waals surface area (Å²) in [6, 6.07) is 4.90. The number of nitrogens with two attached hydrogens (primary N) is 1. The SMILES string of the molecule is Nc1cc(F)c(F)cc1-c1ncccc1C=O. The molecule has 5 heteroatoms. The van der Waals surface area contributed by atoms with E-state index in [9.17, 15) is 13.6 Å². The highest BCUT2D eigenvalue weighted by Gasteiger charge is 2.13. The summed E-state index contributed by atoms with van der Waals surface area (Å²) in [5.74, 6) is -2.06. The van der Waals surface area contributed by atoms with E-state index in [1.54, 1.807) is 6.07 Å². The highest BCUT2D eigenvalue weighted by Crippen LogP contribution is 2.28. The molecule has 0 saturated carbocycles. The molecule has 3 nitrogen and oxygen atoms in total. The number of pyridine rings is 1. The van der Waals surface area contributed by atoms with Crippen molar-refractivity contribution in [3.05, 3.63) is 47.7 Å². The second-order valence-corrected chi connectivity index (χ2v) is 3.41. The van der Waals surface area contributed by atoms with Gasteiger partial charge in [0.05, 0.1) is 5.69 Å². The first-order chi connectivity index (χ1) is 8.13. The summed E-state index contributed by atoms with van der Waals surface area (Å²) in [5, 5.41) is 0. The number of aromatic nitrogens is 1. The Kier molecular flexibility index (Phi) is 2.82. The molecule has 2 N–H and O–H groups in total. The first-order valence-corrected chi connectivity index (χ1v) is 4.78. The summed E-state index contributed by atoms with van der Waals surface area (Å²) < 4.78 is 26.0. The highest BCUT2D eigenvalue weighted by atomic mass is 19.2. The van der Waals surface area contributed by atoms with Crippen LogP contribution >= 0.6 is 0 Å². The van der Waals surface area contributed by atoms with Crippen LogP contribution in [0.4, 0.5) is 14.5 Å². The fourth-order valence-corrected chi connectivity index (χ4v) is 1.51. The summed E-state index contributed by atoms with van der Waals surface area (Å²) >= 11 is 0. The van der Waals surface area contributed by atoms with E-state index in [1.165, 1.54) is 12.3 Å². The Morgan fingerprint density at radius 3 is 2.65 bits per heavy atom. The van der Waals surface area contributed by atoms with E-state index >= 15 is 0 Å². The first kappa shape index (κ1) is 11.2. The second-order valence-electron chi connectivity index (χ2n) is 3.41. The van der Waals surface area contributed by atoms with Crippen LogP contribution in [0.1, 0.15) is 10.4 Å². The zero-order chi connectivity index (χ0) is 12.4. The third-order valence-corrected chi connectivity index (χ3v) is 2.31. The maximum Gasteiger partial charge on any atom is 0.160 e. The fraction of sp³-hybridized carbons (Fsp3) is 0. The van der Waals surface area contributed by atoms with Crippen molar-refractivity contribution in [3.63, 3.8) is 0 Å². The molecule has 0 atom stereocenters. The van der Waals surface area contributed by atoms with Gasteiger partial charge in [-0.2, -0.15) is 0 Å². The van der Waals surface area contributed by atoms with Crippen molar-refractivity contribution in [2.75, 3.05) is 5.73 Å². The van der Waals surface area contributed by atoms with Crippen molar-refractivity contribution < 1.29 is 13.6 Å². The van der Waals surface area contributed by atoms with Crippen LogP contribution < -0.4 is 5.73 Å². The number of hydrogen-bond acceptors (Lipinski definition) is 3. The molecule has 0 bridgehead atoms. The van der Waals surface area contributed by atoms with Crippen LogP contribution in [0.3, 0.4) is 0 Å². The highest BCUT2D eigenvalue weighted by molar-refractivity contribution is 5.88. The Bertz CT molecular complexity index is 585. The Labute approximate surface area is 95.9 Å². The Morgan fingerprint density at radius 2 is 1.94 bits per heavy atom. The monoisotopic (exact) mass is 234 g/mol. The molecule has 1 heterocycles. The number of nitrogen functional groups attached to an aromatic ring is 1. The Hall–Kier alpha value is -2.30. The lowest BCUT2D eigenvalue weighted by Gasteiger charge is -2.07. The van der Waals surface area contributed by atoms with Crippen molar-refractivity contribution in [2.24, 2.45) is 0 Å². The van der Waals surface area contributed by atoms with Gasteiger partial charge in [0.1, 0.15) is 0 Å². The maximum atomic E-state index is 13.1. The minimum atomic E-state index is -1.03. The number of benzene rings is 1. The Balaban J connectivity index is 2.68. The summed E-state index contributed by atoms with van der Waals surface area (Å²) in [6.45, 7) is 0. The fourth-order valence-electron chi connectivity index (χ4n) is 1.51. The minimum Gasteiger partial charge on any atom is -0.398 e. The van der Waals surface area contributed by atoms with Crippen LogP contribution in [-0.4, -0.2) is 11.3 Å². The molecule has 0 aliphatic carbocycles. The standard InChI is InChI=1S/C12H8F2N2O/c13-9-4-8(11(15)5-10(9)14)12-7(6-17)2-1-3-16-12/h1-6H,15H2. The van der Waals surface area contributed by atoms with E-state index in [0.29, 0.717) is 6.29 Å². The van der Waals surface area contributed by atoms with Crippen LogP contribution in [0, 0.1) is 11.6 Å². The zero-order valence-corrected chi connectivity index (χ0v) is 8.65. The van der Waals surface area contributed by atoms with Crippen molar-refractivity contribution >= 4 is 12.0 Å². The summed E-state index contributed by atoms with van der Waals surface area (Å²) in [7, 11) is 0.